The number of nitro groups is 1. The van der Waals surface area contributed by atoms with Gasteiger partial charge in [0.05, 0.1) is 4.92 Å². The number of non-ortho nitro benzene ring substituents is 1. The third-order valence-electron chi connectivity index (χ3n) is 1.72. The second-order valence-corrected chi connectivity index (χ2v) is 2.65. The van der Waals surface area contributed by atoms with E-state index in [0.717, 1.165) is 0 Å². The largest absolute Gasteiger partial charge is 0.366 e. The minimum absolute atomic E-state index is 0.0361. The molecule has 5 nitrogen and oxygen atoms in total. The van der Waals surface area contributed by atoms with E-state index in [1.807, 2.05) is 0 Å². The lowest BCUT2D eigenvalue weighted by molar-refractivity contribution is -0.384. The summed E-state index contributed by atoms with van der Waals surface area (Å²) in [5, 5.41) is 10.3. The topological polar surface area (TPSA) is 86.2 Å². The highest BCUT2D eigenvalue weighted by Gasteiger charge is 2.08. The van der Waals surface area contributed by atoms with Crippen molar-refractivity contribution in [3.8, 4) is 0 Å². The van der Waals surface area contributed by atoms with Crippen molar-refractivity contribution in [3.63, 3.8) is 0 Å². The summed E-state index contributed by atoms with van der Waals surface area (Å²) in [6, 6.07) is 5.46. The summed E-state index contributed by atoms with van der Waals surface area (Å²) in [4.78, 5) is 20.5. The van der Waals surface area contributed by atoms with Crippen LogP contribution in [0.3, 0.4) is 0 Å². The van der Waals surface area contributed by atoms with Crippen molar-refractivity contribution >= 4 is 17.2 Å². The lowest BCUT2D eigenvalue weighted by Crippen LogP contribution is -2.11. The number of amides is 1. The zero-order valence-corrected chi connectivity index (χ0v) is 7.27. The summed E-state index contributed by atoms with van der Waals surface area (Å²) in [5.41, 5.74) is 5.59. The van der Waals surface area contributed by atoms with Gasteiger partial charge in [-0.15, -0.1) is 0 Å². The molecule has 1 amide bonds. The van der Waals surface area contributed by atoms with Crippen LogP contribution in [0.1, 0.15) is 5.56 Å². The van der Waals surface area contributed by atoms with Crippen LogP contribution in [-0.2, 0) is 4.79 Å². The number of nitrogens with two attached hydrogens (primary N) is 1. The van der Waals surface area contributed by atoms with Crippen LogP contribution < -0.4 is 5.73 Å². The number of nitrogens with zero attached hydrogens (tertiary/aromatic N) is 1. The van der Waals surface area contributed by atoms with Crippen LogP contribution in [0.4, 0.5) is 5.69 Å². The van der Waals surface area contributed by atoms with Crippen molar-refractivity contribution in [1.82, 2.24) is 0 Å². The number of hydrogen-bond acceptors (Lipinski definition) is 3. The summed E-state index contributed by atoms with van der Waals surface area (Å²) < 4.78 is 0. The Morgan fingerprint density at radius 1 is 1.36 bits per heavy atom. The van der Waals surface area contributed by atoms with Crippen molar-refractivity contribution in [1.29, 1.82) is 0 Å². The van der Waals surface area contributed by atoms with E-state index in [9.17, 15) is 14.9 Å². The fourth-order valence-electron chi connectivity index (χ4n) is 0.927. The molecule has 0 bridgehead atoms. The maximum absolute atomic E-state index is 10.7. The fraction of sp³-hybridized carbons (Fsp3) is 0. The van der Waals surface area contributed by atoms with Gasteiger partial charge in [-0.2, -0.15) is 0 Å². The first-order chi connectivity index (χ1) is 6.52. The van der Waals surface area contributed by atoms with Crippen LogP contribution in [0.5, 0.6) is 0 Å². The van der Waals surface area contributed by atoms with Gasteiger partial charge in [-0.3, -0.25) is 14.9 Å². The van der Waals surface area contributed by atoms with Crippen molar-refractivity contribution < 1.29 is 9.72 Å². The van der Waals surface area contributed by atoms with E-state index in [-0.39, 0.29) is 11.3 Å². The molecule has 0 saturated carbocycles. The molecule has 0 aliphatic carbocycles. The maximum Gasteiger partial charge on any atom is 0.269 e. The molecule has 0 radical (unpaired) electrons. The SMILES string of the molecule is C=C(C(N)=O)c1ccc([N+](=O)[O-])cc1. The molecule has 0 saturated heterocycles. The van der Waals surface area contributed by atoms with Gasteiger partial charge in [-0.05, 0) is 17.7 Å². The number of benzene rings is 1. The van der Waals surface area contributed by atoms with Crippen LogP contribution >= 0.6 is 0 Å². The standard InChI is InChI=1S/C9H8N2O3/c1-6(9(10)12)7-2-4-8(5-3-7)11(13)14/h2-5H,1H2,(H2,10,12). The molecule has 0 aliphatic rings. The van der Waals surface area contributed by atoms with E-state index in [2.05, 4.69) is 6.58 Å². The Hall–Kier alpha value is -2.17. The van der Waals surface area contributed by atoms with Crippen LogP contribution in [0, 0.1) is 10.1 Å². The van der Waals surface area contributed by atoms with Crippen LogP contribution in [-0.4, -0.2) is 10.8 Å². The predicted molar refractivity (Wildman–Crippen MR) is 51.3 cm³/mol. The maximum atomic E-state index is 10.7. The van der Waals surface area contributed by atoms with Crippen LogP contribution in [0.15, 0.2) is 30.8 Å². The average molecular weight is 192 g/mol. The van der Waals surface area contributed by atoms with Crippen molar-refractivity contribution in [3.05, 3.63) is 46.5 Å². The Morgan fingerprint density at radius 3 is 2.21 bits per heavy atom. The van der Waals surface area contributed by atoms with E-state index >= 15 is 0 Å². The zero-order chi connectivity index (χ0) is 10.7. The Balaban J connectivity index is 3.00. The van der Waals surface area contributed by atoms with Crippen molar-refractivity contribution in [2.75, 3.05) is 0 Å². The molecule has 14 heavy (non-hydrogen) atoms. The molecule has 0 aromatic heterocycles. The van der Waals surface area contributed by atoms with Gasteiger partial charge in [-0.1, -0.05) is 6.58 Å². The summed E-state index contributed by atoms with van der Waals surface area (Å²) in [7, 11) is 0. The van der Waals surface area contributed by atoms with Crippen LogP contribution in [0.25, 0.3) is 5.57 Å². The monoisotopic (exact) mass is 192 g/mol. The first kappa shape index (κ1) is 9.91. The first-order valence-electron chi connectivity index (χ1n) is 3.76. The Labute approximate surface area is 80.0 Å². The van der Waals surface area contributed by atoms with Gasteiger partial charge in [0.15, 0.2) is 0 Å². The molecular formula is C9H8N2O3. The molecule has 5 heteroatoms. The molecule has 0 aliphatic heterocycles. The van der Waals surface area contributed by atoms with Gasteiger partial charge in [0.1, 0.15) is 0 Å². The molecule has 72 valence electrons. The molecule has 0 spiro atoms. The molecule has 1 aromatic carbocycles. The summed E-state index contributed by atoms with van der Waals surface area (Å²) in [6.07, 6.45) is 0. The minimum Gasteiger partial charge on any atom is -0.366 e. The van der Waals surface area contributed by atoms with Gasteiger partial charge in [0.2, 0.25) is 5.91 Å². The number of carbonyl (C=O) groups excluding carboxylic acids is 1. The molecule has 0 fully saturated rings. The smallest absolute Gasteiger partial charge is 0.269 e. The van der Waals surface area contributed by atoms with Crippen molar-refractivity contribution in [2.45, 2.75) is 0 Å². The molecule has 0 heterocycles. The number of primary amides is 1. The summed E-state index contributed by atoms with van der Waals surface area (Å²) >= 11 is 0. The number of nitro benzene ring substituents is 1. The Bertz CT molecular complexity index is 395. The van der Waals surface area contributed by atoms with Gasteiger partial charge >= 0.3 is 0 Å². The minimum atomic E-state index is -0.640. The second kappa shape index (κ2) is 3.69. The van der Waals surface area contributed by atoms with Crippen LogP contribution in [0.2, 0.25) is 0 Å². The van der Waals surface area contributed by atoms with E-state index in [1.54, 1.807) is 0 Å². The normalized spacial score (nSPS) is 9.43. The second-order valence-electron chi connectivity index (χ2n) is 2.65. The molecule has 0 unspecified atom stereocenters. The molecular weight excluding hydrogens is 184 g/mol. The van der Waals surface area contributed by atoms with Gasteiger partial charge in [0.25, 0.3) is 5.69 Å². The molecule has 2 N–H and O–H groups in total. The lowest BCUT2D eigenvalue weighted by Gasteiger charge is -1.99. The fourth-order valence-corrected chi connectivity index (χ4v) is 0.927. The van der Waals surface area contributed by atoms with Gasteiger partial charge < -0.3 is 5.73 Å². The number of hydrogen-bond donors (Lipinski definition) is 1. The third kappa shape index (κ3) is 1.95. The Morgan fingerprint density at radius 2 is 1.86 bits per heavy atom. The highest BCUT2D eigenvalue weighted by Crippen LogP contribution is 2.16. The first-order valence-corrected chi connectivity index (χ1v) is 3.76. The highest BCUT2D eigenvalue weighted by molar-refractivity contribution is 6.17. The molecule has 0 atom stereocenters. The quantitative estimate of drug-likeness (QED) is 0.441. The van der Waals surface area contributed by atoms with Gasteiger partial charge in [0, 0.05) is 17.7 Å². The molecule has 1 rings (SSSR count). The van der Waals surface area contributed by atoms with E-state index in [1.165, 1.54) is 24.3 Å². The lowest BCUT2D eigenvalue weighted by atomic mass is 10.1. The van der Waals surface area contributed by atoms with E-state index in [0.29, 0.717) is 5.56 Å². The predicted octanol–water partition coefficient (Wildman–Crippen LogP) is 1.09. The van der Waals surface area contributed by atoms with E-state index < -0.39 is 10.8 Å². The zero-order valence-electron chi connectivity index (χ0n) is 7.27. The third-order valence-corrected chi connectivity index (χ3v) is 1.72. The number of rotatable bonds is 3. The Kier molecular flexibility index (Phi) is 2.62. The molecule has 1 aromatic rings. The number of carbonyl (C=O) groups is 1. The van der Waals surface area contributed by atoms with Crippen molar-refractivity contribution in [2.24, 2.45) is 5.73 Å². The summed E-state index contributed by atoms with van der Waals surface area (Å²) in [5.74, 6) is -0.640. The average Bonchev–Trinajstić information content (AvgIpc) is 2.16. The van der Waals surface area contributed by atoms with E-state index in [4.69, 9.17) is 5.73 Å². The van der Waals surface area contributed by atoms with Gasteiger partial charge in [-0.25, -0.2) is 0 Å². The summed E-state index contributed by atoms with van der Waals surface area (Å²) in [6.45, 7) is 3.45. The highest BCUT2D eigenvalue weighted by atomic mass is 16.6.